The van der Waals surface area contributed by atoms with Gasteiger partial charge in [0.2, 0.25) is 5.78 Å². The van der Waals surface area contributed by atoms with Crippen LogP contribution in [-0.4, -0.2) is 18.9 Å². The second kappa shape index (κ2) is 7.22. The Labute approximate surface area is 207 Å². The monoisotopic (exact) mass is 464 g/mol. The van der Waals surface area contributed by atoms with Crippen molar-refractivity contribution in [3.63, 3.8) is 0 Å². The molecule has 4 nitrogen and oxygen atoms in total. The van der Waals surface area contributed by atoms with E-state index in [0.717, 1.165) is 16.8 Å². The van der Waals surface area contributed by atoms with E-state index >= 15 is 0 Å². The van der Waals surface area contributed by atoms with Crippen molar-refractivity contribution in [1.29, 1.82) is 0 Å². The van der Waals surface area contributed by atoms with Crippen molar-refractivity contribution in [2.75, 3.05) is 0 Å². The Balaban J connectivity index is 1.45. The number of benzene rings is 4. The van der Waals surface area contributed by atoms with Crippen molar-refractivity contribution in [2.24, 2.45) is 5.92 Å². The largest absolute Gasteiger partial charge is 0.354 e. The average Bonchev–Trinajstić information content (AvgIpc) is 3.57. The highest BCUT2D eigenvalue weighted by molar-refractivity contribution is 6.12. The molecular formula is C32H24N4. The predicted octanol–water partition coefficient (Wildman–Crippen LogP) is 8.05. The minimum Gasteiger partial charge on any atom is -0.354 e. The van der Waals surface area contributed by atoms with Gasteiger partial charge in [-0.05, 0) is 41.8 Å². The SMILES string of the molecule is CC1C=CC=CC1n1c2ccc(-c3cccc4c3[nH]c3ccccc34)cc2n2c3ccccc3nc12. The van der Waals surface area contributed by atoms with E-state index in [4.69, 9.17) is 4.98 Å². The van der Waals surface area contributed by atoms with Crippen molar-refractivity contribution in [3.8, 4) is 11.1 Å². The number of aromatic nitrogens is 4. The highest BCUT2D eigenvalue weighted by Crippen LogP contribution is 2.38. The van der Waals surface area contributed by atoms with Gasteiger partial charge < -0.3 is 9.55 Å². The summed E-state index contributed by atoms with van der Waals surface area (Å²) in [6, 6.07) is 30.6. The number of para-hydroxylation sites is 4. The number of H-pyrrole nitrogens is 1. The average molecular weight is 465 g/mol. The van der Waals surface area contributed by atoms with Crippen molar-refractivity contribution in [3.05, 3.63) is 109 Å². The lowest BCUT2D eigenvalue weighted by Crippen LogP contribution is -2.15. The van der Waals surface area contributed by atoms with E-state index < -0.39 is 0 Å². The summed E-state index contributed by atoms with van der Waals surface area (Å²) in [4.78, 5) is 8.78. The first kappa shape index (κ1) is 19.7. The van der Waals surface area contributed by atoms with Gasteiger partial charge in [0, 0.05) is 21.9 Å². The molecule has 0 saturated heterocycles. The molecule has 7 aromatic rings. The van der Waals surface area contributed by atoms with Gasteiger partial charge in [-0.15, -0.1) is 0 Å². The van der Waals surface area contributed by atoms with Crippen LogP contribution in [0.1, 0.15) is 13.0 Å². The zero-order chi connectivity index (χ0) is 23.8. The molecule has 0 fully saturated rings. The summed E-state index contributed by atoms with van der Waals surface area (Å²) in [6.45, 7) is 2.28. The highest BCUT2D eigenvalue weighted by atomic mass is 15.2. The first-order chi connectivity index (χ1) is 17.8. The Kier molecular flexibility index (Phi) is 3.95. The summed E-state index contributed by atoms with van der Waals surface area (Å²) in [6.07, 6.45) is 8.87. The molecule has 1 aliphatic rings. The Morgan fingerprint density at radius 3 is 2.53 bits per heavy atom. The third-order valence-corrected chi connectivity index (χ3v) is 7.76. The molecule has 0 aliphatic heterocycles. The lowest BCUT2D eigenvalue weighted by atomic mass is 9.96. The molecule has 1 N–H and O–H groups in total. The van der Waals surface area contributed by atoms with Crippen LogP contribution in [0.15, 0.2) is 109 Å². The van der Waals surface area contributed by atoms with E-state index in [1.165, 1.54) is 44.0 Å². The summed E-state index contributed by atoms with van der Waals surface area (Å²) >= 11 is 0. The summed E-state index contributed by atoms with van der Waals surface area (Å²) in [5.41, 5.74) is 9.30. The van der Waals surface area contributed by atoms with Crippen LogP contribution in [-0.2, 0) is 0 Å². The number of allylic oxidation sites excluding steroid dienone is 4. The molecular weight excluding hydrogens is 440 g/mol. The van der Waals surface area contributed by atoms with E-state index in [9.17, 15) is 0 Å². The van der Waals surface area contributed by atoms with E-state index in [2.05, 4.69) is 130 Å². The molecule has 4 heteroatoms. The van der Waals surface area contributed by atoms with Crippen LogP contribution >= 0.6 is 0 Å². The van der Waals surface area contributed by atoms with Crippen molar-refractivity contribution >= 4 is 49.7 Å². The fourth-order valence-electron chi connectivity index (χ4n) is 6.03. The molecule has 0 spiro atoms. The molecule has 4 aromatic carbocycles. The van der Waals surface area contributed by atoms with Gasteiger partial charge >= 0.3 is 0 Å². The zero-order valence-electron chi connectivity index (χ0n) is 19.9. The fourth-order valence-corrected chi connectivity index (χ4v) is 6.03. The number of nitrogens with zero attached hydrogens (tertiary/aromatic N) is 3. The van der Waals surface area contributed by atoms with Gasteiger partial charge in [0.1, 0.15) is 0 Å². The molecule has 0 saturated carbocycles. The normalized spacial score (nSPS) is 17.9. The number of fused-ring (bicyclic) bond motifs is 8. The first-order valence-electron chi connectivity index (χ1n) is 12.5. The molecule has 1 aliphatic carbocycles. The lowest BCUT2D eigenvalue weighted by molar-refractivity contribution is 0.505. The Hall–Kier alpha value is -4.57. The molecule has 2 atom stereocenters. The van der Waals surface area contributed by atoms with Gasteiger partial charge in [-0.25, -0.2) is 4.98 Å². The Bertz CT molecular complexity index is 2030. The van der Waals surface area contributed by atoms with Gasteiger partial charge in [-0.2, -0.15) is 0 Å². The van der Waals surface area contributed by atoms with Crippen LogP contribution in [0.3, 0.4) is 0 Å². The molecule has 36 heavy (non-hydrogen) atoms. The molecule has 2 unspecified atom stereocenters. The molecule has 3 aromatic heterocycles. The van der Waals surface area contributed by atoms with Gasteiger partial charge in [-0.3, -0.25) is 4.40 Å². The van der Waals surface area contributed by atoms with Crippen molar-refractivity contribution < 1.29 is 0 Å². The fraction of sp³-hybridized carbons (Fsp3) is 0.0938. The van der Waals surface area contributed by atoms with Crippen LogP contribution in [0, 0.1) is 5.92 Å². The first-order valence-corrected chi connectivity index (χ1v) is 12.5. The summed E-state index contributed by atoms with van der Waals surface area (Å²) < 4.78 is 4.74. The summed E-state index contributed by atoms with van der Waals surface area (Å²) in [5.74, 6) is 1.37. The minimum atomic E-state index is 0.217. The third kappa shape index (κ3) is 2.61. The standard InChI is InChI=1S/C32H24N4/c1-20-9-2-6-15-27(20)35-29-18-17-21(19-30(29)36-28-16-7-5-14-26(28)34-32(35)36)22-11-8-12-24-23-10-3-4-13-25(23)33-31(22)24/h2-20,27,33H,1H3. The van der Waals surface area contributed by atoms with Crippen molar-refractivity contribution in [2.45, 2.75) is 13.0 Å². The molecule has 8 rings (SSSR count). The maximum atomic E-state index is 5.10. The zero-order valence-corrected chi connectivity index (χ0v) is 19.9. The maximum absolute atomic E-state index is 5.10. The van der Waals surface area contributed by atoms with Crippen LogP contribution in [0.4, 0.5) is 0 Å². The number of rotatable bonds is 2. The van der Waals surface area contributed by atoms with Gasteiger partial charge in [0.05, 0.1) is 33.6 Å². The maximum Gasteiger partial charge on any atom is 0.216 e. The quantitative estimate of drug-likeness (QED) is 0.276. The lowest BCUT2D eigenvalue weighted by Gasteiger charge is -2.23. The van der Waals surface area contributed by atoms with E-state index in [-0.39, 0.29) is 6.04 Å². The molecule has 0 radical (unpaired) electrons. The van der Waals surface area contributed by atoms with E-state index in [0.29, 0.717) is 5.92 Å². The number of imidazole rings is 2. The Morgan fingerprint density at radius 2 is 1.58 bits per heavy atom. The number of hydrogen-bond acceptors (Lipinski definition) is 1. The summed E-state index contributed by atoms with van der Waals surface area (Å²) in [7, 11) is 0. The minimum absolute atomic E-state index is 0.217. The molecule has 0 bridgehead atoms. The highest BCUT2D eigenvalue weighted by Gasteiger charge is 2.24. The number of hydrogen-bond donors (Lipinski definition) is 1. The topological polar surface area (TPSA) is 38.0 Å². The number of nitrogens with one attached hydrogen (secondary N) is 1. The van der Waals surface area contributed by atoms with Crippen molar-refractivity contribution in [1.82, 2.24) is 18.9 Å². The van der Waals surface area contributed by atoms with Gasteiger partial charge in [0.15, 0.2) is 0 Å². The smallest absolute Gasteiger partial charge is 0.216 e. The van der Waals surface area contributed by atoms with Gasteiger partial charge in [0.25, 0.3) is 0 Å². The van der Waals surface area contributed by atoms with Crippen LogP contribution < -0.4 is 0 Å². The van der Waals surface area contributed by atoms with E-state index in [1.807, 2.05) is 0 Å². The predicted molar refractivity (Wildman–Crippen MR) is 149 cm³/mol. The van der Waals surface area contributed by atoms with Crippen LogP contribution in [0.25, 0.3) is 60.8 Å². The summed E-state index contributed by atoms with van der Waals surface area (Å²) in [5, 5.41) is 2.52. The second-order valence-electron chi connectivity index (χ2n) is 9.83. The molecule has 3 heterocycles. The van der Waals surface area contributed by atoms with E-state index in [1.54, 1.807) is 0 Å². The number of aromatic amines is 1. The molecule has 0 amide bonds. The molecule has 172 valence electrons. The van der Waals surface area contributed by atoms with Crippen LogP contribution in [0.5, 0.6) is 0 Å². The second-order valence-corrected chi connectivity index (χ2v) is 9.83. The van der Waals surface area contributed by atoms with Gasteiger partial charge in [-0.1, -0.05) is 85.8 Å². The third-order valence-electron chi connectivity index (χ3n) is 7.76. The Morgan fingerprint density at radius 1 is 0.750 bits per heavy atom. The van der Waals surface area contributed by atoms with Crippen LogP contribution in [0.2, 0.25) is 0 Å².